The zero-order valence-electron chi connectivity index (χ0n) is 26.2. The van der Waals surface area contributed by atoms with Gasteiger partial charge in [-0.05, 0) is 36.8 Å². The minimum absolute atomic E-state index is 0.00587. The number of carbonyl (C=O) groups is 3. The van der Waals surface area contributed by atoms with Crippen LogP contribution >= 0.6 is 0 Å². The Morgan fingerprint density at radius 3 is 1.87 bits per heavy atom. The monoisotopic (exact) mass is 631 g/mol. The molecule has 2 aromatic carbocycles. The number of benzene rings is 2. The van der Waals surface area contributed by atoms with Crippen molar-refractivity contribution >= 4 is 17.7 Å². The number of hydrogen-bond donors (Lipinski definition) is 4. The molecule has 0 aliphatic heterocycles. The van der Waals surface area contributed by atoms with Crippen molar-refractivity contribution in [3.63, 3.8) is 0 Å². The third kappa shape index (κ3) is 9.48. The van der Waals surface area contributed by atoms with Crippen LogP contribution in [-0.2, 0) is 34.0 Å². The number of amides is 3. The van der Waals surface area contributed by atoms with E-state index < -0.39 is 11.8 Å². The van der Waals surface area contributed by atoms with E-state index in [9.17, 15) is 14.4 Å². The van der Waals surface area contributed by atoms with Crippen molar-refractivity contribution in [1.82, 2.24) is 25.7 Å². The van der Waals surface area contributed by atoms with Gasteiger partial charge in [0.2, 0.25) is 5.91 Å². The van der Waals surface area contributed by atoms with Crippen LogP contribution in [0.5, 0.6) is 0 Å². The van der Waals surface area contributed by atoms with Gasteiger partial charge in [-0.1, -0.05) is 86.3 Å². The van der Waals surface area contributed by atoms with Gasteiger partial charge in [-0.2, -0.15) is 5.10 Å². The molecule has 0 spiro atoms. The van der Waals surface area contributed by atoms with E-state index in [4.69, 9.17) is 14.6 Å². The van der Waals surface area contributed by atoms with E-state index in [2.05, 4.69) is 21.0 Å². The second-order valence-corrected chi connectivity index (χ2v) is 12.0. The Labute approximate surface area is 270 Å². The number of rotatable bonds is 14. The normalized spacial score (nSPS) is 21.3. The highest BCUT2D eigenvalue weighted by Gasteiger charge is 2.31. The average molecular weight is 632 g/mol. The second-order valence-electron chi connectivity index (χ2n) is 12.0. The van der Waals surface area contributed by atoms with Gasteiger partial charge in [-0.3, -0.25) is 14.4 Å². The Balaban J connectivity index is 1.25. The Morgan fingerprint density at radius 1 is 0.761 bits per heavy atom. The maximum atomic E-state index is 13.7. The number of aromatic nitrogens is 2. The summed E-state index contributed by atoms with van der Waals surface area (Å²) in [6.45, 7) is 0.481. The molecule has 11 nitrogen and oxygen atoms in total. The molecular formula is C35H45N5O6. The van der Waals surface area contributed by atoms with E-state index in [1.807, 2.05) is 60.7 Å². The van der Waals surface area contributed by atoms with Crippen molar-refractivity contribution in [2.75, 3.05) is 13.2 Å². The van der Waals surface area contributed by atoms with Gasteiger partial charge in [-0.15, -0.1) is 0 Å². The summed E-state index contributed by atoms with van der Waals surface area (Å²) in [6.07, 6.45) is 6.90. The van der Waals surface area contributed by atoms with Crippen molar-refractivity contribution in [2.24, 2.45) is 0 Å². The summed E-state index contributed by atoms with van der Waals surface area (Å²) in [5.41, 5.74) is 2.24. The SMILES string of the molecule is O=C(Cn1nc(C(=O)NCCO)cc1C(=O)N[C@H]1CCCC[C@@H]1OCc1ccccc1)N[C@H]1CCCC[C@@H]1OCc1ccccc1. The minimum atomic E-state index is -0.536. The first-order valence-corrected chi connectivity index (χ1v) is 16.4. The third-order valence-corrected chi connectivity index (χ3v) is 8.62. The summed E-state index contributed by atoms with van der Waals surface area (Å²) in [7, 11) is 0. The van der Waals surface area contributed by atoms with Gasteiger partial charge in [0, 0.05) is 12.6 Å². The number of nitrogens with one attached hydrogen (secondary N) is 3. The molecule has 2 fully saturated rings. The number of aliphatic hydroxyl groups excluding tert-OH is 1. The first-order valence-electron chi connectivity index (χ1n) is 16.4. The second kappa shape index (κ2) is 17.0. The fourth-order valence-electron chi connectivity index (χ4n) is 6.20. The number of carbonyl (C=O) groups excluding carboxylic acids is 3. The van der Waals surface area contributed by atoms with Gasteiger partial charge in [0.1, 0.15) is 12.2 Å². The van der Waals surface area contributed by atoms with Crippen molar-refractivity contribution < 1.29 is 29.0 Å². The Bertz CT molecular complexity index is 1420. The van der Waals surface area contributed by atoms with Crippen LogP contribution in [-0.4, -0.2) is 70.1 Å². The van der Waals surface area contributed by atoms with E-state index in [1.165, 1.54) is 10.7 Å². The lowest BCUT2D eigenvalue weighted by Gasteiger charge is -2.32. The lowest BCUT2D eigenvalue weighted by Crippen LogP contribution is -2.48. The first kappa shape index (κ1) is 33.3. The van der Waals surface area contributed by atoms with E-state index in [1.54, 1.807) is 0 Å². The zero-order chi connectivity index (χ0) is 32.1. The van der Waals surface area contributed by atoms with Crippen molar-refractivity contribution in [3.05, 3.63) is 89.2 Å². The molecule has 5 rings (SSSR count). The van der Waals surface area contributed by atoms with Gasteiger partial charge in [0.15, 0.2) is 5.69 Å². The number of nitrogens with zero attached hydrogens (tertiary/aromatic N) is 2. The molecule has 1 heterocycles. The highest BCUT2D eigenvalue weighted by atomic mass is 16.5. The summed E-state index contributed by atoms with van der Waals surface area (Å²) in [5, 5.41) is 22.3. The van der Waals surface area contributed by atoms with Crippen molar-refractivity contribution in [1.29, 1.82) is 0 Å². The fraction of sp³-hybridized carbons (Fsp3) is 0.486. The molecule has 246 valence electrons. The van der Waals surface area contributed by atoms with Crippen LogP contribution < -0.4 is 16.0 Å². The van der Waals surface area contributed by atoms with Crippen molar-refractivity contribution in [3.8, 4) is 0 Å². The molecular weight excluding hydrogens is 586 g/mol. The Morgan fingerprint density at radius 2 is 1.30 bits per heavy atom. The molecule has 11 heteroatoms. The van der Waals surface area contributed by atoms with E-state index >= 15 is 0 Å². The summed E-state index contributed by atoms with van der Waals surface area (Å²) >= 11 is 0. The summed E-state index contributed by atoms with van der Waals surface area (Å²) in [5.74, 6) is -1.28. The predicted molar refractivity (Wildman–Crippen MR) is 172 cm³/mol. The van der Waals surface area contributed by atoms with Crippen LogP contribution in [0.15, 0.2) is 66.7 Å². The molecule has 1 aromatic heterocycles. The molecule has 0 bridgehead atoms. The Hall–Kier alpha value is -4.06. The van der Waals surface area contributed by atoms with E-state index in [0.29, 0.717) is 13.2 Å². The number of hydrogen-bond acceptors (Lipinski definition) is 7. The quantitative estimate of drug-likeness (QED) is 0.213. The largest absolute Gasteiger partial charge is 0.395 e. The summed E-state index contributed by atoms with van der Waals surface area (Å²) < 4.78 is 13.7. The van der Waals surface area contributed by atoms with Crippen LogP contribution in [0.1, 0.15) is 83.5 Å². The lowest BCUT2D eigenvalue weighted by molar-refractivity contribution is -0.124. The van der Waals surface area contributed by atoms with Crippen LogP contribution in [0.3, 0.4) is 0 Å². The standard InChI is InChI=1S/C35H45N5O6/c41-20-19-36-34(43)29-21-30(35(44)38-28-16-8-10-18-32(28)46-24-26-13-5-2-6-14-26)40(39-29)22-33(42)37-27-15-7-9-17-31(27)45-23-25-11-3-1-4-12-25/h1-6,11-14,21,27-28,31-32,41H,7-10,15-20,22-24H2,(H,36,43)(H,37,42)(H,38,44)/t27-,28-,31-,32-/m0/s1. The Kier molecular flexibility index (Phi) is 12.3. The van der Waals surface area contributed by atoms with Gasteiger partial charge >= 0.3 is 0 Å². The molecule has 3 amide bonds. The first-order chi connectivity index (χ1) is 22.5. The fourth-order valence-corrected chi connectivity index (χ4v) is 6.20. The molecule has 0 unspecified atom stereocenters. The van der Waals surface area contributed by atoms with Gasteiger partial charge in [0.05, 0.1) is 44.1 Å². The predicted octanol–water partition coefficient (Wildman–Crippen LogP) is 3.51. The summed E-state index contributed by atoms with van der Waals surface area (Å²) in [4.78, 5) is 39.8. The van der Waals surface area contributed by atoms with E-state index in [0.717, 1.165) is 62.5 Å². The van der Waals surface area contributed by atoms with Gasteiger partial charge in [-0.25, -0.2) is 4.68 Å². The molecule has 2 aliphatic rings. The highest BCUT2D eigenvalue weighted by molar-refractivity contribution is 5.98. The van der Waals surface area contributed by atoms with E-state index in [-0.39, 0.29) is 61.3 Å². The van der Waals surface area contributed by atoms with Crippen LogP contribution in [0.2, 0.25) is 0 Å². The van der Waals surface area contributed by atoms with Crippen LogP contribution in [0, 0.1) is 0 Å². The number of aliphatic hydroxyl groups is 1. The molecule has 4 N–H and O–H groups in total. The van der Waals surface area contributed by atoms with Crippen molar-refractivity contribution in [2.45, 2.75) is 95.4 Å². The molecule has 3 aromatic rings. The molecule has 46 heavy (non-hydrogen) atoms. The molecule has 2 aliphatic carbocycles. The topological polar surface area (TPSA) is 144 Å². The highest BCUT2D eigenvalue weighted by Crippen LogP contribution is 2.24. The maximum Gasteiger partial charge on any atom is 0.271 e. The third-order valence-electron chi connectivity index (χ3n) is 8.62. The minimum Gasteiger partial charge on any atom is -0.395 e. The summed E-state index contributed by atoms with van der Waals surface area (Å²) in [6, 6.07) is 20.9. The average Bonchev–Trinajstić information content (AvgIpc) is 3.51. The molecule has 2 saturated carbocycles. The zero-order valence-corrected chi connectivity index (χ0v) is 26.2. The van der Waals surface area contributed by atoms with Gasteiger partial charge < -0.3 is 30.5 Å². The molecule has 0 radical (unpaired) electrons. The van der Waals surface area contributed by atoms with Gasteiger partial charge in [0.25, 0.3) is 11.8 Å². The number of ether oxygens (including phenoxy) is 2. The molecule has 0 saturated heterocycles. The molecule has 4 atom stereocenters. The maximum absolute atomic E-state index is 13.7. The van der Waals surface area contributed by atoms with Crippen LogP contribution in [0.4, 0.5) is 0 Å². The lowest BCUT2D eigenvalue weighted by atomic mass is 9.92. The smallest absolute Gasteiger partial charge is 0.271 e. The van der Waals surface area contributed by atoms with Crippen LogP contribution in [0.25, 0.3) is 0 Å².